The molecule has 1 unspecified atom stereocenters. The molecule has 1 heterocycles. The molecular weight excluding hydrogens is 397 g/mol. The van der Waals surface area contributed by atoms with Crippen LogP contribution < -0.4 is 0 Å². The molecule has 0 bridgehead atoms. The standard InChI is InChI=1S/C20H28NO7P/c1-5-25-19(22)17(29(24,27-7-3)28-8-4)13-15-14-11-9-10-12-16(14)21-18(15)20(23)26-6-2/h9-12,17,21H,5-8,13H2,1-4H3. The first-order chi connectivity index (χ1) is 13.9. The highest BCUT2D eigenvalue weighted by molar-refractivity contribution is 7.55. The first-order valence-electron chi connectivity index (χ1n) is 9.73. The second kappa shape index (κ2) is 10.6. The number of nitrogens with one attached hydrogen (secondary N) is 1. The normalized spacial score (nSPS) is 12.7. The van der Waals surface area contributed by atoms with Gasteiger partial charge in [-0.15, -0.1) is 0 Å². The van der Waals surface area contributed by atoms with Gasteiger partial charge in [0.15, 0.2) is 5.66 Å². The maximum absolute atomic E-state index is 13.4. The summed E-state index contributed by atoms with van der Waals surface area (Å²) in [7, 11) is -3.84. The third-order valence-electron chi connectivity index (χ3n) is 4.25. The summed E-state index contributed by atoms with van der Waals surface area (Å²) in [5.74, 6) is -1.25. The molecule has 1 N–H and O–H groups in total. The minimum atomic E-state index is -3.84. The summed E-state index contributed by atoms with van der Waals surface area (Å²) < 4.78 is 34.6. The zero-order chi connectivity index (χ0) is 21.4. The molecule has 9 heteroatoms. The van der Waals surface area contributed by atoms with E-state index in [2.05, 4.69) is 4.98 Å². The number of aromatic amines is 1. The average Bonchev–Trinajstić information content (AvgIpc) is 3.05. The van der Waals surface area contributed by atoms with Gasteiger partial charge in [0.05, 0.1) is 26.4 Å². The van der Waals surface area contributed by atoms with E-state index in [9.17, 15) is 14.2 Å². The summed E-state index contributed by atoms with van der Waals surface area (Å²) in [5, 5.41) is 0.726. The van der Waals surface area contributed by atoms with Crippen molar-refractivity contribution in [1.29, 1.82) is 0 Å². The van der Waals surface area contributed by atoms with E-state index in [1.807, 2.05) is 24.3 Å². The van der Waals surface area contributed by atoms with Gasteiger partial charge in [-0.2, -0.15) is 0 Å². The molecule has 1 aromatic heterocycles. The SMILES string of the molecule is CCOC(=O)c1[nH]c2ccccc2c1CC(C(=O)OCC)P(=O)(OCC)OCC. The summed E-state index contributed by atoms with van der Waals surface area (Å²) in [6.45, 7) is 7.24. The van der Waals surface area contributed by atoms with Gasteiger partial charge >= 0.3 is 19.5 Å². The summed E-state index contributed by atoms with van der Waals surface area (Å²) in [6.07, 6.45) is -0.0612. The van der Waals surface area contributed by atoms with Crippen LogP contribution in [0.25, 0.3) is 10.9 Å². The molecule has 0 aliphatic heterocycles. The Bertz CT molecular complexity index is 882. The molecule has 0 saturated carbocycles. The van der Waals surface area contributed by atoms with Gasteiger partial charge in [-0.1, -0.05) is 18.2 Å². The van der Waals surface area contributed by atoms with Gasteiger partial charge in [0.2, 0.25) is 0 Å². The van der Waals surface area contributed by atoms with E-state index in [4.69, 9.17) is 18.5 Å². The molecule has 1 aromatic carbocycles. The highest BCUT2D eigenvalue weighted by Crippen LogP contribution is 2.55. The zero-order valence-electron chi connectivity index (χ0n) is 17.2. The van der Waals surface area contributed by atoms with Crippen molar-refractivity contribution in [2.75, 3.05) is 26.4 Å². The maximum Gasteiger partial charge on any atom is 0.355 e. The number of carbonyl (C=O) groups excluding carboxylic acids is 2. The fourth-order valence-corrected chi connectivity index (χ4v) is 5.02. The minimum absolute atomic E-state index is 0.0612. The van der Waals surface area contributed by atoms with Gasteiger partial charge in [0, 0.05) is 17.3 Å². The van der Waals surface area contributed by atoms with Crippen LogP contribution >= 0.6 is 7.60 Å². The number of rotatable bonds is 11. The average molecular weight is 425 g/mol. The maximum atomic E-state index is 13.4. The molecule has 0 fully saturated rings. The highest BCUT2D eigenvalue weighted by atomic mass is 31.2. The van der Waals surface area contributed by atoms with Gasteiger partial charge in [0.1, 0.15) is 5.69 Å². The second-order valence-corrected chi connectivity index (χ2v) is 8.31. The van der Waals surface area contributed by atoms with Crippen LogP contribution in [0, 0.1) is 0 Å². The molecule has 0 aliphatic rings. The van der Waals surface area contributed by atoms with Crippen molar-refractivity contribution in [2.24, 2.45) is 0 Å². The number of para-hydroxylation sites is 1. The van der Waals surface area contributed by atoms with E-state index >= 15 is 0 Å². The summed E-state index contributed by atoms with van der Waals surface area (Å²) in [4.78, 5) is 28.3. The van der Waals surface area contributed by atoms with Crippen LogP contribution in [0.1, 0.15) is 43.7 Å². The largest absolute Gasteiger partial charge is 0.465 e. The fraction of sp³-hybridized carbons (Fsp3) is 0.500. The summed E-state index contributed by atoms with van der Waals surface area (Å²) in [6, 6.07) is 7.27. The number of hydrogen-bond acceptors (Lipinski definition) is 7. The molecule has 8 nitrogen and oxygen atoms in total. The van der Waals surface area contributed by atoms with Crippen LogP contribution in [0.15, 0.2) is 24.3 Å². The van der Waals surface area contributed by atoms with Crippen molar-refractivity contribution in [3.8, 4) is 0 Å². The molecule has 1 atom stereocenters. The minimum Gasteiger partial charge on any atom is -0.465 e. The number of fused-ring (bicyclic) bond motifs is 1. The molecule has 160 valence electrons. The van der Waals surface area contributed by atoms with Gasteiger partial charge in [-0.3, -0.25) is 9.36 Å². The van der Waals surface area contributed by atoms with Crippen LogP contribution in [-0.4, -0.2) is 49.0 Å². The lowest BCUT2D eigenvalue weighted by molar-refractivity contribution is -0.143. The second-order valence-electron chi connectivity index (χ2n) is 6.09. The van der Waals surface area contributed by atoms with E-state index in [1.165, 1.54) is 0 Å². The topological polar surface area (TPSA) is 104 Å². The monoisotopic (exact) mass is 425 g/mol. The molecule has 0 saturated heterocycles. The lowest BCUT2D eigenvalue weighted by Gasteiger charge is -2.25. The van der Waals surface area contributed by atoms with Gasteiger partial charge in [-0.05, 0) is 39.3 Å². The Balaban J connectivity index is 2.58. The first-order valence-corrected chi connectivity index (χ1v) is 11.3. The molecule has 0 amide bonds. The fourth-order valence-electron chi connectivity index (χ4n) is 3.12. The molecule has 2 rings (SSSR count). The van der Waals surface area contributed by atoms with Gasteiger partial charge < -0.3 is 23.5 Å². The Morgan fingerprint density at radius 2 is 1.59 bits per heavy atom. The summed E-state index contributed by atoms with van der Waals surface area (Å²) >= 11 is 0. The van der Waals surface area contributed by atoms with Crippen LogP contribution in [0.5, 0.6) is 0 Å². The van der Waals surface area contributed by atoms with Crippen molar-refractivity contribution in [1.82, 2.24) is 4.98 Å². The number of aromatic nitrogens is 1. The van der Waals surface area contributed by atoms with Crippen molar-refractivity contribution in [2.45, 2.75) is 39.8 Å². The molecule has 0 radical (unpaired) electrons. The van der Waals surface area contributed by atoms with Crippen LogP contribution in [0.3, 0.4) is 0 Å². The number of hydrogen-bond donors (Lipinski definition) is 1. The van der Waals surface area contributed by atoms with Crippen LogP contribution in [0.4, 0.5) is 0 Å². The van der Waals surface area contributed by atoms with Crippen molar-refractivity contribution >= 4 is 30.4 Å². The van der Waals surface area contributed by atoms with E-state index < -0.39 is 25.2 Å². The molecule has 2 aromatic rings. The number of H-pyrrole nitrogens is 1. The molecular formula is C20H28NO7P. The number of carbonyl (C=O) groups is 2. The van der Waals surface area contributed by atoms with E-state index in [0.29, 0.717) is 11.1 Å². The number of benzene rings is 1. The smallest absolute Gasteiger partial charge is 0.355 e. The third-order valence-corrected chi connectivity index (χ3v) is 6.64. The Morgan fingerprint density at radius 3 is 2.17 bits per heavy atom. The highest BCUT2D eigenvalue weighted by Gasteiger charge is 2.43. The Hall–Kier alpha value is -2.15. The number of ether oxygens (including phenoxy) is 2. The Labute approximate surface area is 170 Å². The van der Waals surface area contributed by atoms with Crippen molar-refractivity contribution in [3.05, 3.63) is 35.5 Å². The number of esters is 2. The summed E-state index contributed by atoms with van der Waals surface area (Å²) in [5.41, 5.74) is 0.212. The Morgan fingerprint density at radius 1 is 0.966 bits per heavy atom. The lowest BCUT2D eigenvalue weighted by atomic mass is 10.0. The van der Waals surface area contributed by atoms with Gasteiger partial charge in [0.25, 0.3) is 0 Å². The first kappa shape index (κ1) is 23.1. The molecule has 0 spiro atoms. The quantitative estimate of drug-likeness (QED) is 0.427. The van der Waals surface area contributed by atoms with E-state index in [1.54, 1.807) is 27.7 Å². The zero-order valence-corrected chi connectivity index (χ0v) is 18.1. The van der Waals surface area contributed by atoms with Crippen molar-refractivity contribution < 1.29 is 32.7 Å². The van der Waals surface area contributed by atoms with Crippen molar-refractivity contribution in [3.63, 3.8) is 0 Å². The predicted octanol–water partition coefficient (Wildman–Crippen LogP) is 4.08. The lowest BCUT2D eigenvalue weighted by Crippen LogP contribution is -2.29. The third kappa shape index (κ3) is 5.26. The van der Waals surface area contributed by atoms with Gasteiger partial charge in [-0.25, -0.2) is 4.79 Å². The van der Waals surface area contributed by atoms with E-state index in [0.717, 1.165) is 5.39 Å². The Kier molecular flexibility index (Phi) is 8.44. The predicted molar refractivity (Wildman–Crippen MR) is 109 cm³/mol. The van der Waals surface area contributed by atoms with Crippen LogP contribution in [-0.2, 0) is 34.3 Å². The van der Waals surface area contributed by atoms with Crippen LogP contribution in [0.2, 0.25) is 0 Å². The van der Waals surface area contributed by atoms with E-state index in [-0.39, 0.29) is 38.5 Å². The molecule has 29 heavy (non-hydrogen) atoms. The molecule has 0 aliphatic carbocycles.